The average Bonchev–Trinajstić information content (AvgIpc) is 2.79. The Morgan fingerprint density at radius 2 is 1.61 bits per heavy atom. The number of barbiturate groups is 1. The van der Waals surface area contributed by atoms with Gasteiger partial charge in [0.2, 0.25) is 0 Å². The summed E-state index contributed by atoms with van der Waals surface area (Å²) in [6.07, 6.45) is 1.29. The van der Waals surface area contributed by atoms with E-state index in [4.69, 9.17) is 30.5 Å². The zero-order valence-corrected chi connectivity index (χ0v) is 19.3. The molecule has 3 rings (SSSR count). The molecule has 0 bridgehead atoms. The normalized spacial score (nSPS) is 14.9. The Hall–Kier alpha value is -3.72. The minimum atomic E-state index is -0.907. The van der Waals surface area contributed by atoms with E-state index in [1.54, 1.807) is 26.0 Å². The first kappa shape index (κ1) is 23.9. The van der Waals surface area contributed by atoms with Crippen LogP contribution in [-0.2, 0) is 9.59 Å². The number of nitrogens with one attached hydrogen (secondary N) is 1. The van der Waals surface area contributed by atoms with Crippen molar-refractivity contribution in [2.24, 2.45) is 0 Å². The number of anilines is 1. The number of methoxy groups -OCH3 is 2. The van der Waals surface area contributed by atoms with Crippen molar-refractivity contribution in [3.8, 4) is 23.0 Å². The van der Waals surface area contributed by atoms with Gasteiger partial charge in [-0.25, -0.2) is 9.69 Å². The fourth-order valence-electron chi connectivity index (χ4n) is 3.22. The third kappa shape index (κ3) is 4.88. The standard InChI is InChI=1S/C23H23ClN2O7/c1-5-32-14-7-8-18(33-6-2)17(11-14)26-22(28)15(21(27)25-23(26)29)9-13-10-19(30-3)20(31-4)12-16(13)24/h7-12H,5-6H2,1-4H3,(H,25,27,29)/b15-9+. The molecule has 0 aromatic heterocycles. The van der Waals surface area contributed by atoms with Crippen LogP contribution in [0.15, 0.2) is 35.9 Å². The third-order valence-electron chi connectivity index (χ3n) is 4.69. The van der Waals surface area contributed by atoms with Crippen LogP contribution < -0.4 is 29.2 Å². The maximum atomic E-state index is 13.3. The Labute approximate surface area is 195 Å². The number of carbonyl (C=O) groups is 3. The molecule has 0 saturated carbocycles. The molecule has 9 nitrogen and oxygen atoms in total. The smallest absolute Gasteiger partial charge is 0.336 e. The van der Waals surface area contributed by atoms with Crippen molar-refractivity contribution >= 4 is 41.2 Å². The Morgan fingerprint density at radius 3 is 2.24 bits per heavy atom. The number of hydrogen-bond donors (Lipinski definition) is 1. The first-order valence-corrected chi connectivity index (χ1v) is 10.4. The van der Waals surface area contributed by atoms with Crippen LogP contribution in [0, 0.1) is 0 Å². The van der Waals surface area contributed by atoms with Crippen LogP contribution in [0.4, 0.5) is 10.5 Å². The molecule has 1 fully saturated rings. The van der Waals surface area contributed by atoms with Crippen LogP contribution >= 0.6 is 11.6 Å². The number of urea groups is 1. The Bertz CT molecular complexity index is 1130. The number of halogens is 1. The largest absolute Gasteiger partial charge is 0.494 e. The number of hydrogen-bond acceptors (Lipinski definition) is 7. The zero-order chi connectivity index (χ0) is 24.1. The Kier molecular flexibility index (Phi) is 7.44. The first-order chi connectivity index (χ1) is 15.8. The molecule has 2 aromatic rings. The Balaban J connectivity index is 2.10. The van der Waals surface area contributed by atoms with Gasteiger partial charge in [0.1, 0.15) is 17.1 Å². The number of imide groups is 2. The second-order valence-electron chi connectivity index (χ2n) is 6.68. The van der Waals surface area contributed by atoms with Gasteiger partial charge >= 0.3 is 6.03 Å². The summed E-state index contributed by atoms with van der Waals surface area (Å²) in [5.74, 6) is -0.247. The molecule has 0 aliphatic carbocycles. The van der Waals surface area contributed by atoms with Gasteiger partial charge in [-0.1, -0.05) is 11.6 Å². The van der Waals surface area contributed by atoms with Crippen LogP contribution in [0.2, 0.25) is 5.02 Å². The summed E-state index contributed by atoms with van der Waals surface area (Å²) < 4.78 is 21.6. The maximum Gasteiger partial charge on any atom is 0.336 e. The van der Waals surface area contributed by atoms with Gasteiger partial charge in [-0.05, 0) is 43.7 Å². The monoisotopic (exact) mass is 474 g/mol. The molecule has 10 heteroatoms. The molecule has 33 heavy (non-hydrogen) atoms. The van der Waals surface area contributed by atoms with Gasteiger partial charge in [0.15, 0.2) is 11.5 Å². The molecule has 1 heterocycles. The molecule has 0 atom stereocenters. The van der Waals surface area contributed by atoms with Gasteiger partial charge in [0.25, 0.3) is 11.8 Å². The highest BCUT2D eigenvalue weighted by Crippen LogP contribution is 2.37. The van der Waals surface area contributed by atoms with Crippen molar-refractivity contribution in [1.82, 2.24) is 5.32 Å². The number of benzene rings is 2. The first-order valence-electron chi connectivity index (χ1n) is 10.1. The molecule has 1 N–H and O–H groups in total. The van der Waals surface area contributed by atoms with Crippen LogP contribution in [0.25, 0.3) is 6.08 Å². The lowest BCUT2D eigenvalue weighted by Gasteiger charge is -2.28. The summed E-state index contributed by atoms with van der Waals surface area (Å²) in [4.78, 5) is 39.4. The van der Waals surface area contributed by atoms with Crippen molar-refractivity contribution in [3.05, 3.63) is 46.5 Å². The fourth-order valence-corrected chi connectivity index (χ4v) is 3.43. The van der Waals surface area contributed by atoms with Crippen molar-refractivity contribution in [2.45, 2.75) is 13.8 Å². The summed E-state index contributed by atoms with van der Waals surface area (Å²) >= 11 is 6.32. The van der Waals surface area contributed by atoms with E-state index in [2.05, 4.69) is 5.32 Å². The van der Waals surface area contributed by atoms with Crippen LogP contribution in [0.3, 0.4) is 0 Å². The summed E-state index contributed by atoms with van der Waals surface area (Å²) in [5, 5.41) is 2.40. The van der Waals surface area contributed by atoms with Crippen LogP contribution in [0.1, 0.15) is 19.4 Å². The van der Waals surface area contributed by atoms with Gasteiger partial charge in [0, 0.05) is 12.1 Å². The molecular weight excluding hydrogens is 452 g/mol. The SMILES string of the molecule is CCOc1ccc(OCC)c(N2C(=O)NC(=O)/C(=C\c3cc(OC)c(OC)cc3Cl)C2=O)c1. The summed E-state index contributed by atoms with van der Waals surface area (Å²) in [6.45, 7) is 4.26. The number of nitrogens with zero attached hydrogens (tertiary/aromatic N) is 1. The second-order valence-corrected chi connectivity index (χ2v) is 7.09. The molecular formula is C23H23ClN2O7. The number of carbonyl (C=O) groups excluding carboxylic acids is 3. The van der Waals surface area contributed by atoms with Crippen LogP contribution in [-0.4, -0.2) is 45.3 Å². The topological polar surface area (TPSA) is 103 Å². The molecule has 0 unspecified atom stereocenters. The van der Waals surface area contributed by atoms with Crippen molar-refractivity contribution in [1.29, 1.82) is 0 Å². The average molecular weight is 475 g/mol. The van der Waals surface area contributed by atoms with E-state index in [0.29, 0.717) is 36.0 Å². The van der Waals surface area contributed by atoms with Gasteiger partial charge in [0.05, 0.1) is 38.1 Å². The highest BCUT2D eigenvalue weighted by Gasteiger charge is 2.38. The number of rotatable bonds is 8. The highest BCUT2D eigenvalue weighted by atomic mass is 35.5. The van der Waals surface area contributed by atoms with Gasteiger partial charge in [-0.2, -0.15) is 0 Å². The zero-order valence-electron chi connectivity index (χ0n) is 18.6. The number of amides is 4. The minimum absolute atomic E-state index is 0.141. The molecule has 0 spiro atoms. The second kappa shape index (κ2) is 10.3. The van der Waals surface area contributed by atoms with Crippen molar-refractivity contribution < 1.29 is 33.3 Å². The third-order valence-corrected chi connectivity index (χ3v) is 5.01. The van der Waals surface area contributed by atoms with Crippen molar-refractivity contribution in [3.63, 3.8) is 0 Å². The summed E-state index contributed by atoms with van der Waals surface area (Å²) in [7, 11) is 2.91. The van der Waals surface area contributed by atoms with E-state index >= 15 is 0 Å². The van der Waals surface area contributed by atoms with Gasteiger partial charge in [-0.15, -0.1) is 0 Å². The van der Waals surface area contributed by atoms with Gasteiger partial charge < -0.3 is 18.9 Å². The molecule has 0 radical (unpaired) electrons. The lowest BCUT2D eigenvalue weighted by atomic mass is 10.1. The molecule has 4 amide bonds. The van der Waals surface area contributed by atoms with Crippen molar-refractivity contribution in [2.75, 3.05) is 32.3 Å². The molecule has 174 valence electrons. The quantitative estimate of drug-likeness (QED) is 0.458. The van der Waals surface area contributed by atoms with E-state index in [1.165, 1.54) is 38.5 Å². The summed E-state index contributed by atoms with van der Waals surface area (Å²) in [5.41, 5.74) is 0.172. The van der Waals surface area contributed by atoms with Gasteiger partial charge in [-0.3, -0.25) is 14.9 Å². The summed E-state index contributed by atoms with van der Waals surface area (Å²) in [6, 6.07) is 6.87. The lowest BCUT2D eigenvalue weighted by Crippen LogP contribution is -2.54. The van der Waals surface area contributed by atoms with E-state index < -0.39 is 17.8 Å². The predicted octanol–water partition coefficient (Wildman–Crippen LogP) is 3.82. The maximum absolute atomic E-state index is 13.3. The minimum Gasteiger partial charge on any atom is -0.494 e. The van der Waals surface area contributed by atoms with Crippen LogP contribution in [0.5, 0.6) is 23.0 Å². The van der Waals surface area contributed by atoms with E-state index in [9.17, 15) is 14.4 Å². The Morgan fingerprint density at radius 1 is 0.939 bits per heavy atom. The van der Waals surface area contributed by atoms with E-state index in [0.717, 1.165) is 4.90 Å². The van der Waals surface area contributed by atoms with E-state index in [-0.39, 0.29) is 22.0 Å². The molecule has 2 aromatic carbocycles. The number of ether oxygens (including phenoxy) is 4. The lowest BCUT2D eigenvalue weighted by molar-refractivity contribution is -0.122. The predicted molar refractivity (Wildman–Crippen MR) is 122 cm³/mol. The molecule has 1 saturated heterocycles. The molecule has 1 aliphatic rings. The highest BCUT2D eigenvalue weighted by molar-refractivity contribution is 6.40. The molecule has 1 aliphatic heterocycles. The van der Waals surface area contributed by atoms with E-state index in [1.807, 2.05) is 0 Å². The fraction of sp³-hybridized carbons (Fsp3) is 0.261.